The van der Waals surface area contributed by atoms with Crippen molar-refractivity contribution in [1.29, 1.82) is 0 Å². The van der Waals surface area contributed by atoms with Gasteiger partial charge in [-0.15, -0.1) is 0 Å². The highest BCUT2D eigenvalue weighted by molar-refractivity contribution is 8.15. The smallest absolute Gasteiger partial charge is 0.240 e. The molecule has 2 aromatic rings. The topological polar surface area (TPSA) is 79.8 Å². The highest BCUT2D eigenvalue weighted by atomic mass is 32.2. The van der Waals surface area contributed by atoms with E-state index in [9.17, 15) is 9.59 Å². The molecule has 0 radical (unpaired) electrons. The van der Waals surface area contributed by atoms with Crippen LogP contribution >= 0.6 is 11.8 Å². The molecule has 2 amide bonds. The van der Waals surface area contributed by atoms with E-state index in [2.05, 4.69) is 15.6 Å². The number of carbonyl (C=O) groups excluding carboxylic acids is 2. The summed E-state index contributed by atoms with van der Waals surface area (Å²) in [5, 5.41) is 5.65. The van der Waals surface area contributed by atoms with Crippen LogP contribution in [0.3, 0.4) is 0 Å². The van der Waals surface area contributed by atoms with Gasteiger partial charge in [-0.1, -0.05) is 30.0 Å². The summed E-state index contributed by atoms with van der Waals surface area (Å²) in [7, 11) is 0. The third-order valence-electron chi connectivity index (χ3n) is 3.70. The standard InChI is InChI=1S/C21H23N3O3S/c1-21(2,3)24-20-23-19(26)17(28-20)13-18(25)22-14-9-11-16(12-10-14)27-15-7-5-4-6-8-15/h4-12,17H,13H2,1-3H3,(H,22,25)(H,23,24,26)/t17-/m0/s1. The van der Waals surface area contributed by atoms with Gasteiger partial charge in [-0.05, 0) is 57.2 Å². The highest BCUT2D eigenvalue weighted by Crippen LogP contribution is 2.26. The summed E-state index contributed by atoms with van der Waals surface area (Å²) in [5.41, 5.74) is 0.369. The number of amides is 2. The minimum Gasteiger partial charge on any atom is -0.457 e. The number of hydrogen-bond donors (Lipinski definition) is 2. The monoisotopic (exact) mass is 397 g/mol. The van der Waals surface area contributed by atoms with E-state index in [1.54, 1.807) is 24.3 Å². The Morgan fingerprint density at radius 2 is 1.75 bits per heavy atom. The Kier molecular flexibility index (Phi) is 6.04. The number of thioether (sulfide) groups is 1. The van der Waals surface area contributed by atoms with Crippen LogP contribution in [0.25, 0.3) is 0 Å². The second kappa shape index (κ2) is 8.48. The van der Waals surface area contributed by atoms with Crippen molar-refractivity contribution in [2.75, 3.05) is 5.32 Å². The summed E-state index contributed by atoms with van der Waals surface area (Å²) >= 11 is 1.30. The molecule has 2 N–H and O–H groups in total. The first-order valence-electron chi connectivity index (χ1n) is 8.99. The number of hydrogen-bond acceptors (Lipinski definition) is 5. The second-order valence-corrected chi connectivity index (χ2v) is 8.57. The van der Waals surface area contributed by atoms with Crippen LogP contribution in [0.2, 0.25) is 0 Å². The number of anilines is 1. The number of carbonyl (C=O) groups is 2. The number of nitrogens with zero attached hydrogens (tertiary/aromatic N) is 1. The molecule has 3 rings (SSSR count). The first-order valence-corrected chi connectivity index (χ1v) is 9.87. The van der Waals surface area contributed by atoms with E-state index in [1.165, 1.54) is 11.8 Å². The molecular formula is C21H23N3O3S. The number of aliphatic imine (C=N–C) groups is 1. The van der Waals surface area contributed by atoms with Gasteiger partial charge in [0.15, 0.2) is 5.17 Å². The van der Waals surface area contributed by atoms with E-state index in [0.717, 1.165) is 5.75 Å². The lowest BCUT2D eigenvalue weighted by atomic mass is 10.1. The van der Waals surface area contributed by atoms with E-state index >= 15 is 0 Å². The molecule has 2 aromatic carbocycles. The average molecular weight is 398 g/mol. The van der Waals surface area contributed by atoms with Crippen LogP contribution in [-0.4, -0.2) is 27.8 Å². The first kappa shape index (κ1) is 19.9. The Bertz CT molecular complexity index is 874. The molecule has 1 aliphatic rings. The molecule has 1 atom stereocenters. The summed E-state index contributed by atoms with van der Waals surface area (Å²) in [5.74, 6) is 1.02. The van der Waals surface area contributed by atoms with Crippen LogP contribution in [0.1, 0.15) is 27.2 Å². The first-order chi connectivity index (χ1) is 13.3. The normalized spacial score (nSPS) is 18.0. The Hall–Kier alpha value is -2.80. The average Bonchev–Trinajstić information content (AvgIpc) is 2.94. The number of ether oxygens (including phenoxy) is 1. The SMILES string of the molecule is CC(C)(C)N=C1NC(=O)[C@H](CC(=O)Nc2ccc(Oc3ccccc3)cc2)S1. The van der Waals surface area contributed by atoms with Crippen molar-refractivity contribution in [2.45, 2.75) is 38.0 Å². The van der Waals surface area contributed by atoms with Gasteiger partial charge in [-0.3, -0.25) is 14.6 Å². The van der Waals surface area contributed by atoms with Crippen LogP contribution in [0, 0.1) is 0 Å². The molecule has 6 nitrogen and oxygen atoms in total. The van der Waals surface area contributed by atoms with E-state index < -0.39 is 5.25 Å². The lowest BCUT2D eigenvalue weighted by Crippen LogP contribution is -2.28. The van der Waals surface area contributed by atoms with Gasteiger partial charge >= 0.3 is 0 Å². The van der Waals surface area contributed by atoms with Gasteiger partial charge in [0, 0.05) is 12.1 Å². The Morgan fingerprint density at radius 1 is 1.11 bits per heavy atom. The fourth-order valence-corrected chi connectivity index (χ4v) is 3.66. The summed E-state index contributed by atoms with van der Waals surface area (Å²) in [6.07, 6.45) is 0.0852. The molecule has 0 unspecified atom stereocenters. The number of rotatable bonds is 5. The number of nitrogens with one attached hydrogen (secondary N) is 2. The zero-order chi connectivity index (χ0) is 20.1. The van der Waals surface area contributed by atoms with Crippen molar-refractivity contribution in [3.8, 4) is 11.5 Å². The molecule has 0 saturated carbocycles. The molecule has 1 fully saturated rings. The van der Waals surface area contributed by atoms with E-state index in [0.29, 0.717) is 16.6 Å². The summed E-state index contributed by atoms with van der Waals surface area (Å²) in [6, 6.07) is 16.6. The zero-order valence-electron chi connectivity index (χ0n) is 16.1. The highest BCUT2D eigenvalue weighted by Gasteiger charge is 2.32. The quantitative estimate of drug-likeness (QED) is 0.793. The van der Waals surface area contributed by atoms with Crippen molar-refractivity contribution >= 4 is 34.4 Å². The predicted molar refractivity (Wildman–Crippen MR) is 113 cm³/mol. The molecule has 1 saturated heterocycles. The number of para-hydroxylation sites is 1. The van der Waals surface area contributed by atoms with Gasteiger partial charge in [0.2, 0.25) is 11.8 Å². The number of benzene rings is 2. The summed E-state index contributed by atoms with van der Waals surface area (Å²) in [4.78, 5) is 28.8. The molecule has 28 heavy (non-hydrogen) atoms. The van der Waals surface area contributed by atoms with Gasteiger partial charge in [0.1, 0.15) is 16.7 Å². The lowest BCUT2D eigenvalue weighted by Gasteiger charge is -2.12. The fraction of sp³-hybridized carbons (Fsp3) is 0.286. The van der Waals surface area contributed by atoms with Crippen LogP contribution in [0.4, 0.5) is 5.69 Å². The van der Waals surface area contributed by atoms with E-state index in [-0.39, 0.29) is 23.8 Å². The van der Waals surface area contributed by atoms with Gasteiger partial charge in [0.05, 0.1) is 5.54 Å². The maximum absolute atomic E-state index is 12.3. The Morgan fingerprint density at radius 3 is 2.39 bits per heavy atom. The molecule has 1 aliphatic heterocycles. The second-order valence-electron chi connectivity index (χ2n) is 7.38. The van der Waals surface area contributed by atoms with Crippen LogP contribution < -0.4 is 15.4 Å². The fourth-order valence-electron chi connectivity index (χ4n) is 2.51. The number of amidine groups is 1. The minimum absolute atomic E-state index is 0.0852. The predicted octanol–water partition coefficient (Wildman–Crippen LogP) is 4.19. The van der Waals surface area contributed by atoms with Gasteiger partial charge in [-0.2, -0.15) is 0 Å². The van der Waals surface area contributed by atoms with E-state index in [4.69, 9.17) is 4.74 Å². The van der Waals surface area contributed by atoms with Crippen molar-refractivity contribution < 1.29 is 14.3 Å². The van der Waals surface area contributed by atoms with Gasteiger partial charge in [-0.25, -0.2) is 0 Å². The van der Waals surface area contributed by atoms with E-state index in [1.807, 2.05) is 51.1 Å². The third-order valence-corrected chi connectivity index (χ3v) is 4.78. The third kappa shape index (κ3) is 5.85. The van der Waals surface area contributed by atoms with Crippen LogP contribution in [0.15, 0.2) is 59.6 Å². The molecule has 0 aromatic heterocycles. The van der Waals surface area contributed by atoms with Crippen molar-refractivity contribution in [3.63, 3.8) is 0 Å². The van der Waals surface area contributed by atoms with Crippen LogP contribution in [-0.2, 0) is 9.59 Å². The van der Waals surface area contributed by atoms with Gasteiger partial charge < -0.3 is 15.4 Å². The van der Waals surface area contributed by atoms with Crippen molar-refractivity contribution in [2.24, 2.45) is 4.99 Å². The molecule has 7 heteroatoms. The molecule has 0 aliphatic carbocycles. The minimum atomic E-state index is -0.471. The molecule has 146 valence electrons. The summed E-state index contributed by atoms with van der Waals surface area (Å²) < 4.78 is 5.73. The molecular weight excluding hydrogens is 374 g/mol. The molecule has 0 bridgehead atoms. The molecule has 1 heterocycles. The maximum Gasteiger partial charge on any atom is 0.240 e. The zero-order valence-corrected chi connectivity index (χ0v) is 16.9. The largest absolute Gasteiger partial charge is 0.457 e. The van der Waals surface area contributed by atoms with Crippen molar-refractivity contribution in [3.05, 3.63) is 54.6 Å². The Balaban J connectivity index is 1.54. The van der Waals surface area contributed by atoms with Gasteiger partial charge in [0.25, 0.3) is 0 Å². The van der Waals surface area contributed by atoms with Crippen LogP contribution in [0.5, 0.6) is 11.5 Å². The lowest BCUT2D eigenvalue weighted by molar-refractivity contribution is -0.122. The summed E-state index contributed by atoms with van der Waals surface area (Å²) in [6.45, 7) is 5.87. The van der Waals surface area contributed by atoms with Crippen molar-refractivity contribution in [1.82, 2.24) is 5.32 Å². The Labute approximate surface area is 168 Å². The molecule has 0 spiro atoms. The maximum atomic E-state index is 12.3.